The number of aliphatic imine (C=N–C) groups is 1. The molecule has 1 aliphatic carbocycles. The first-order valence-corrected chi connectivity index (χ1v) is 14.1. The van der Waals surface area contributed by atoms with Gasteiger partial charge in [-0.1, -0.05) is 71.8 Å². The molecule has 0 bridgehead atoms. The number of allylic oxidation sites excluding steroid dienone is 2. The van der Waals surface area contributed by atoms with Gasteiger partial charge in [0.2, 0.25) is 0 Å². The van der Waals surface area contributed by atoms with Gasteiger partial charge in [0.15, 0.2) is 0 Å². The largest absolute Gasteiger partial charge is 0.488 e. The van der Waals surface area contributed by atoms with Crippen molar-refractivity contribution in [2.75, 3.05) is 5.32 Å². The van der Waals surface area contributed by atoms with E-state index in [1.165, 1.54) is 16.8 Å². The van der Waals surface area contributed by atoms with Crippen LogP contribution in [0.25, 0.3) is 0 Å². The molecule has 1 heterocycles. The summed E-state index contributed by atoms with van der Waals surface area (Å²) in [6.45, 7) is 0.355. The monoisotopic (exact) mass is 602 g/mol. The molecule has 0 aromatic heterocycles. The molecular weight excluding hydrogens is 579 g/mol. The standard InChI is InChI=1S/C32H25BrCl2N2O/c33-28-16-20(8-15-31(28)38-19-22-9-12-23(34)17-29(22)35)18-36-24-13-10-21(11-14-24)32-27-6-3-5-25(27)26-4-1-2-7-30(26)37-32/h1-5,7-18,25,27,32,37H,6,19H2/t25-,27+,32+/m1/s1. The van der Waals surface area contributed by atoms with Crippen LogP contribution in [-0.2, 0) is 6.61 Å². The zero-order valence-electron chi connectivity index (χ0n) is 20.5. The fourth-order valence-electron chi connectivity index (χ4n) is 5.30. The quantitative estimate of drug-likeness (QED) is 0.176. The molecule has 1 N–H and O–H groups in total. The highest BCUT2D eigenvalue weighted by molar-refractivity contribution is 9.10. The lowest BCUT2D eigenvalue weighted by atomic mass is 9.77. The SMILES string of the molecule is Clc1ccc(COc2ccc(C=Nc3ccc([C@@H]4Nc5ccccc5[C@H]5C=CC[C@@H]54)cc3)cc2Br)c(Cl)c1. The molecule has 3 nitrogen and oxygen atoms in total. The number of para-hydroxylation sites is 1. The molecular formula is C32H25BrCl2N2O. The maximum absolute atomic E-state index is 6.26. The summed E-state index contributed by atoms with van der Waals surface area (Å²) in [5.41, 5.74) is 6.71. The Balaban J connectivity index is 1.12. The third-order valence-corrected chi connectivity index (χ3v) is 8.45. The van der Waals surface area contributed by atoms with Gasteiger partial charge in [-0.2, -0.15) is 0 Å². The lowest BCUT2D eigenvalue weighted by molar-refractivity contribution is 0.304. The van der Waals surface area contributed by atoms with Crippen molar-refractivity contribution < 1.29 is 4.74 Å². The van der Waals surface area contributed by atoms with E-state index in [1.54, 1.807) is 12.1 Å². The lowest BCUT2D eigenvalue weighted by Gasteiger charge is -2.37. The predicted octanol–water partition coefficient (Wildman–Crippen LogP) is 9.91. The first kappa shape index (κ1) is 25.2. The van der Waals surface area contributed by atoms with E-state index in [1.807, 2.05) is 30.5 Å². The van der Waals surface area contributed by atoms with Gasteiger partial charge in [-0.15, -0.1) is 0 Å². The van der Waals surface area contributed by atoms with E-state index < -0.39 is 0 Å². The third kappa shape index (κ3) is 5.26. The average molecular weight is 604 g/mol. The average Bonchev–Trinajstić information content (AvgIpc) is 3.43. The van der Waals surface area contributed by atoms with Gasteiger partial charge >= 0.3 is 0 Å². The van der Waals surface area contributed by atoms with E-state index in [0.29, 0.717) is 28.5 Å². The molecule has 0 unspecified atom stereocenters. The van der Waals surface area contributed by atoms with Crippen LogP contribution < -0.4 is 10.1 Å². The van der Waals surface area contributed by atoms with Crippen molar-refractivity contribution in [3.8, 4) is 5.75 Å². The topological polar surface area (TPSA) is 33.6 Å². The van der Waals surface area contributed by atoms with Crippen LogP contribution in [0.4, 0.5) is 11.4 Å². The minimum atomic E-state index is 0.286. The zero-order valence-corrected chi connectivity index (χ0v) is 23.5. The Bertz CT molecular complexity index is 1530. The molecule has 0 amide bonds. The van der Waals surface area contributed by atoms with Crippen molar-refractivity contribution in [1.82, 2.24) is 0 Å². The molecule has 2 aliphatic rings. The molecule has 1 aliphatic heterocycles. The summed E-state index contributed by atoms with van der Waals surface area (Å²) in [6, 6.07) is 28.8. The van der Waals surface area contributed by atoms with E-state index in [2.05, 4.69) is 81.9 Å². The number of fused-ring (bicyclic) bond motifs is 3. The van der Waals surface area contributed by atoms with Gasteiger partial charge in [0.25, 0.3) is 0 Å². The summed E-state index contributed by atoms with van der Waals surface area (Å²) in [5.74, 6) is 1.75. The van der Waals surface area contributed by atoms with Gasteiger partial charge in [0, 0.05) is 33.4 Å². The van der Waals surface area contributed by atoms with Crippen LogP contribution in [0.2, 0.25) is 10.0 Å². The first-order valence-electron chi connectivity index (χ1n) is 12.6. The molecule has 0 radical (unpaired) electrons. The second-order valence-corrected chi connectivity index (χ2v) is 11.3. The summed E-state index contributed by atoms with van der Waals surface area (Å²) in [5, 5.41) is 4.99. The Morgan fingerprint density at radius 2 is 1.82 bits per heavy atom. The molecule has 3 atom stereocenters. The second-order valence-electron chi connectivity index (χ2n) is 9.63. The fourth-order valence-corrected chi connectivity index (χ4v) is 6.27. The van der Waals surface area contributed by atoms with Crippen molar-refractivity contribution in [2.24, 2.45) is 10.9 Å². The van der Waals surface area contributed by atoms with Gasteiger partial charge in [-0.25, -0.2) is 0 Å². The summed E-state index contributed by atoms with van der Waals surface area (Å²) < 4.78 is 6.81. The minimum absolute atomic E-state index is 0.286. The summed E-state index contributed by atoms with van der Waals surface area (Å²) in [6.07, 6.45) is 7.66. The Morgan fingerprint density at radius 3 is 2.63 bits per heavy atom. The van der Waals surface area contributed by atoms with Gasteiger partial charge in [-0.3, -0.25) is 4.99 Å². The minimum Gasteiger partial charge on any atom is -0.488 e. The van der Waals surface area contributed by atoms with Crippen molar-refractivity contribution in [1.29, 1.82) is 0 Å². The fraction of sp³-hybridized carbons (Fsp3) is 0.156. The maximum Gasteiger partial charge on any atom is 0.134 e. The number of halogens is 3. The van der Waals surface area contributed by atoms with E-state index >= 15 is 0 Å². The number of nitrogens with zero attached hydrogens (tertiary/aromatic N) is 1. The van der Waals surface area contributed by atoms with Crippen molar-refractivity contribution >= 4 is 56.7 Å². The molecule has 6 heteroatoms. The number of hydrogen-bond acceptors (Lipinski definition) is 3. The molecule has 4 aromatic rings. The van der Waals surface area contributed by atoms with Crippen molar-refractivity contribution in [3.63, 3.8) is 0 Å². The molecule has 190 valence electrons. The Morgan fingerprint density at radius 1 is 0.974 bits per heavy atom. The summed E-state index contributed by atoms with van der Waals surface area (Å²) >= 11 is 15.8. The Hall–Kier alpha value is -3.05. The highest BCUT2D eigenvalue weighted by Crippen LogP contribution is 2.49. The van der Waals surface area contributed by atoms with Gasteiger partial charge in [0.1, 0.15) is 12.4 Å². The van der Waals surface area contributed by atoms with Crippen LogP contribution in [0.5, 0.6) is 5.75 Å². The molecule has 0 fully saturated rings. The molecule has 0 spiro atoms. The first-order chi connectivity index (χ1) is 18.5. The highest BCUT2D eigenvalue weighted by Gasteiger charge is 2.37. The summed E-state index contributed by atoms with van der Waals surface area (Å²) in [7, 11) is 0. The third-order valence-electron chi connectivity index (χ3n) is 7.24. The maximum atomic E-state index is 6.26. The van der Waals surface area contributed by atoms with E-state index in [9.17, 15) is 0 Å². The van der Waals surface area contributed by atoms with Crippen LogP contribution in [0.15, 0.2) is 107 Å². The Labute approximate surface area is 241 Å². The van der Waals surface area contributed by atoms with E-state index in [-0.39, 0.29) is 6.04 Å². The number of hydrogen-bond donors (Lipinski definition) is 1. The predicted molar refractivity (Wildman–Crippen MR) is 161 cm³/mol. The Kier molecular flexibility index (Phi) is 7.29. The number of rotatable bonds is 6. The van der Waals surface area contributed by atoms with Gasteiger partial charge in [-0.05, 0) is 93.5 Å². The summed E-state index contributed by atoms with van der Waals surface area (Å²) in [4.78, 5) is 4.70. The lowest BCUT2D eigenvalue weighted by Crippen LogP contribution is -2.28. The smallest absolute Gasteiger partial charge is 0.134 e. The number of ether oxygens (including phenoxy) is 1. The van der Waals surface area contributed by atoms with Crippen LogP contribution >= 0.6 is 39.1 Å². The normalized spacial score (nSPS) is 19.7. The van der Waals surface area contributed by atoms with Crippen molar-refractivity contribution in [3.05, 3.63) is 134 Å². The van der Waals surface area contributed by atoms with Gasteiger partial charge in [0.05, 0.1) is 16.2 Å². The molecule has 0 saturated carbocycles. The van der Waals surface area contributed by atoms with Crippen molar-refractivity contribution in [2.45, 2.75) is 25.0 Å². The second kappa shape index (κ2) is 11.0. The van der Waals surface area contributed by atoms with Crippen LogP contribution in [0, 0.1) is 5.92 Å². The molecule has 38 heavy (non-hydrogen) atoms. The molecule has 0 saturated heterocycles. The number of anilines is 1. The van der Waals surface area contributed by atoms with Gasteiger partial charge < -0.3 is 10.1 Å². The highest BCUT2D eigenvalue weighted by atomic mass is 79.9. The molecule has 4 aromatic carbocycles. The zero-order chi connectivity index (χ0) is 26.1. The molecule has 6 rings (SSSR count). The number of nitrogens with one attached hydrogen (secondary N) is 1. The van der Waals surface area contributed by atoms with E-state index in [4.69, 9.17) is 32.9 Å². The number of benzene rings is 4. The van der Waals surface area contributed by atoms with Crippen LogP contribution in [0.1, 0.15) is 40.6 Å². The van der Waals surface area contributed by atoms with Crippen LogP contribution in [0.3, 0.4) is 0 Å². The van der Waals surface area contributed by atoms with E-state index in [0.717, 1.165) is 33.5 Å². The van der Waals surface area contributed by atoms with Crippen LogP contribution in [-0.4, -0.2) is 6.21 Å².